The SMILES string of the molecule is COc1cc(NC=C(C#N)c2nc(-c3ccc(Cl)c(Cl)c3)cs2)c(C)cc1[N+](=O)[O-]. The molecule has 0 bridgehead atoms. The Bertz CT molecular complexity index is 1200. The lowest BCUT2D eigenvalue weighted by atomic mass is 10.1. The van der Waals surface area contributed by atoms with Gasteiger partial charge in [0, 0.05) is 35.0 Å². The fourth-order valence-electron chi connectivity index (χ4n) is 2.61. The average Bonchev–Trinajstić information content (AvgIpc) is 3.21. The van der Waals surface area contributed by atoms with Crippen LogP contribution in [0.5, 0.6) is 5.75 Å². The number of rotatable bonds is 6. The van der Waals surface area contributed by atoms with E-state index in [-0.39, 0.29) is 11.4 Å². The molecule has 0 unspecified atom stereocenters. The topological polar surface area (TPSA) is 101 Å². The Balaban J connectivity index is 1.89. The number of nitro groups is 1. The number of ether oxygens (including phenoxy) is 1. The summed E-state index contributed by atoms with van der Waals surface area (Å²) >= 11 is 13.3. The molecule has 1 aromatic heterocycles. The van der Waals surface area contributed by atoms with Gasteiger partial charge in [-0.1, -0.05) is 29.3 Å². The van der Waals surface area contributed by atoms with Crippen LogP contribution < -0.4 is 10.1 Å². The summed E-state index contributed by atoms with van der Waals surface area (Å²) in [6.07, 6.45) is 1.51. The summed E-state index contributed by atoms with van der Waals surface area (Å²) in [6.45, 7) is 1.72. The second-order valence-corrected chi connectivity index (χ2v) is 7.75. The number of nitriles is 1. The Labute approximate surface area is 186 Å². The zero-order valence-electron chi connectivity index (χ0n) is 15.8. The molecule has 0 atom stereocenters. The summed E-state index contributed by atoms with van der Waals surface area (Å²) in [5.41, 5.74) is 2.84. The summed E-state index contributed by atoms with van der Waals surface area (Å²) in [5, 5.41) is 26.9. The van der Waals surface area contributed by atoms with E-state index in [1.165, 1.54) is 36.8 Å². The van der Waals surface area contributed by atoms with Crippen molar-refractivity contribution in [3.63, 3.8) is 0 Å². The Morgan fingerprint density at radius 2 is 2.10 bits per heavy atom. The standard InChI is InChI=1S/C20H14Cl2N4O3S/c1-11-5-18(26(27)28)19(29-2)7-16(11)24-9-13(8-23)20-25-17(10-30-20)12-3-4-14(21)15(22)6-12/h3-7,9-10,24H,1-2H3. The number of methoxy groups -OCH3 is 1. The predicted octanol–water partition coefficient (Wildman–Crippen LogP) is 6.32. The van der Waals surface area contributed by atoms with Crippen LogP contribution >= 0.6 is 34.5 Å². The Hall–Kier alpha value is -3.12. The number of hydrogen-bond acceptors (Lipinski definition) is 7. The van der Waals surface area contributed by atoms with Crippen LogP contribution in [0.2, 0.25) is 10.0 Å². The van der Waals surface area contributed by atoms with Crippen molar-refractivity contribution in [3.05, 3.63) is 72.6 Å². The highest BCUT2D eigenvalue weighted by Crippen LogP contribution is 2.34. The molecule has 0 aliphatic carbocycles. The lowest BCUT2D eigenvalue weighted by molar-refractivity contribution is -0.385. The average molecular weight is 461 g/mol. The fourth-order valence-corrected chi connectivity index (χ4v) is 3.70. The van der Waals surface area contributed by atoms with Crippen molar-refractivity contribution in [2.45, 2.75) is 6.92 Å². The van der Waals surface area contributed by atoms with Crippen molar-refractivity contribution in [2.24, 2.45) is 0 Å². The van der Waals surface area contributed by atoms with Crippen LogP contribution in [0.15, 0.2) is 41.9 Å². The van der Waals surface area contributed by atoms with Crippen LogP contribution in [0.1, 0.15) is 10.6 Å². The summed E-state index contributed by atoms with van der Waals surface area (Å²) in [4.78, 5) is 15.1. The van der Waals surface area contributed by atoms with E-state index < -0.39 is 4.92 Å². The minimum absolute atomic E-state index is 0.121. The molecule has 3 aromatic rings. The molecule has 10 heteroatoms. The number of allylic oxidation sites excluding steroid dienone is 1. The minimum Gasteiger partial charge on any atom is -0.490 e. The van der Waals surface area contributed by atoms with Crippen LogP contribution in [0.25, 0.3) is 16.8 Å². The van der Waals surface area contributed by atoms with Gasteiger partial charge in [0.15, 0.2) is 5.75 Å². The van der Waals surface area contributed by atoms with Gasteiger partial charge in [0.25, 0.3) is 0 Å². The van der Waals surface area contributed by atoms with Gasteiger partial charge in [0.1, 0.15) is 16.6 Å². The lowest BCUT2D eigenvalue weighted by Gasteiger charge is -2.09. The number of hydrogen-bond donors (Lipinski definition) is 1. The van der Waals surface area contributed by atoms with Crippen LogP contribution in [0, 0.1) is 28.4 Å². The van der Waals surface area contributed by atoms with Crippen molar-refractivity contribution in [1.29, 1.82) is 5.26 Å². The number of benzene rings is 2. The molecule has 3 rings (SSSR count). The molecular formula is C20H14Cl2N4O3S. The highest BCUT2D eigenvalue weighted by Gasteiger charge is 2.17. The van der Waals surface area contributed by atoms with Gasteiger partial charge < -0.3 is 10.1 Å². The number of nitrogens with one attached hydrogen (secondary N) is 1. The molecular weight excluding hydrogens is 447 g/mol. The number of aryl methyl sites for hydroxylation is 1. The van der Waals surface area contributed by atoms with E-state index in [4.69, 9.17) is 27.9 Å². The summed E-state index contributed by atoms with van der Waals surface area (Å²) in [6, 6.07) is 10.2. The second kappa shape index (κ2) is 9.13. The van der Waals surface area contributed by atoms with Crippen LogP contribution in [-0.2, 0) is 0 Å². The summed E-state index contributed by atoms with van der Waals surface area (Å²) < 4.78 is 5.09. The maximum atomic E-state index is 11.1. The Morgan fingerprint density at radius 1 is 1.33 bits per heavy atom. The molecule has 0 fully saturated rings. The molecule has 0 amide bonds. The molecule has 1 heterocycles. The van der Waals surface area contributed by atoms with E-state index in [1.54, 1.807) is 25.1 Å². The van der Waals surface area contributed by atoms with E-state index in [0.717, 1.165) is 5.56 Å². The third kappa shape index (κ3) is 4.54. The van der Waals surface area contributed by atoms with E-state index in [1.807, 2.05) is 5.38 Å². The maximum Gasteiger partial charge on any atom is 0.311 e. The van der Waals surface area contributed by atoms with Crippen molar-refractivity contribution in [2.75, 3.05) is 12.4 Å². The first-order chi connectivity index (χ1) is 14.3. The van der Waals surface area contributed by atoms with Crippen LogP contribution in [0.3, 0.4) is 0 Å². The zero-order valence-corrected chi connectivity index (χ0v) is 18.1. The monoisotopic (exact) mass is 460 g/mol. The van der Waals surface area contributed by atoms with E-state index in [0.29, 0.717) is 37.6 Å². The largest absolute Gasteiger partial charge is 0.490 e. The summed E-state index contributed by atoms with van der Waals surface area (Å²) in [7, 11) is 1.36. The van der Waals surface area contributed by atoms with Gasteiger partial charge >= 0.3 is 5.69 Å². The van der Waals surface area contributed by atoms with Gasteiger partial charge in [-0.25, -0.2) is 4.98 Å². The number of halogens is 2. The van der Waals surface area contributed by atoms with Gasteiger partial charge in [-0.05, 0) is 24.6 Å². The number of aromatic nitrogens is 1. The Morgan fingerprint density at radius 3 is 2.73 bits per heavy atom. The number of nitrogens with zero attached hydrogens (tertiary/aromatic N) is 3. The van der Waals surface area contributed by atoms with Gasteiger partial charge in [0.05, 0.1) is 27.8 Å². The fraction of sp³-hybridized carbons (Fsp3) is 0.100. The molecule has 30 heavy (non-hydrogen) atoms. The summed E-state index contributed by atoms with van der Waals surface area (Å²) in [5.74, 6) is 0.121. The smallest absolute Gasteiger partial charge is 0.311 e. The number of nitro benzene ring substituents is 1. The van der Waals surface area contributed by atoms with Gasteiger partial charge in [-0.3, -0.25) is 10.1 Å². The first-order valence-corrected chi connectivity index (χ1v) is 10.1. The van der Waals surface area contributed by atoms with E-state index in [9.17, 15) is 15.4 Å². The van der Waals surface area contributed by atoms with Crippen molar-refractivity contribution in [3.8, 4) is 23.1 Å². The van der Waals surface area contributed by atoms with Gasteiger partial charge in [0.2, 0.25) is 0 Å². The van der Waals surface area contributed by atoms with Crippen LogP contribution in [0.4, 0.5) is 11.4 Å². The highest BCUT2D eigenvalue weighted by atomic mass is 35.5. The van der Waals surface area contributed by atoms with Crippen molar-refractivity contribution < 1.29 is 9.66 Å². The molecule has 0 aliphatic heterocycles. The molecule has 7 nitrogen and oxygen atoms in total. The molecule has 0 saturated heterocycles. The zero-order chi connectivity index (χ0) is 21.8. The first kappa shape index (κ1) is 21.6. The molecule has 0 aliphatic rings. The third-order valence-corrected chi connectivity index (χ3v) is 5.78. The molecule has 152 valence electrons. The van der Waals surface area contributed by atoms with Crippen molar-refractivity contribution in [1.82, 2.24) is 4.98 Å². The van der Waals surface area contributed by atoms with Gasteiger partial charge in [-0.15, -0.1) is 11.3 Å². The van der Waals surface area contributed by atoms with E-state index >= 15 is 0 Å². The molecule has 2 aromatic carbocycles. The Kier molecular flexibility index (Phi) is 6.57. The molecule has 0 spiro atoms. The quantitative estimate of drug-likeness (QED) is 0.262. The number of anilines is 1. The second-order valence-electron chi connectivity index (χ2n) is 6.08. The molecule has 0 saturated carbocycles. The number of thiazole rings is 1. The normalized spacial score (nSPS) is 11.1. The van der Waals surface area contributed by atoms with Gasteiger partial charge in [-0.2, -0.15) is 5.26 Å². The molecule has 1 N–H and O–H groups in total. The van der Waals surface area contributed by atoms with E-state index in [2.05, 4.69) is 16.4 Å². The molecule has 0 radical (unpaired) electrons. The maximum absolute atomic E-state index is 11.1. The highest BCUT2D eigenvalue weighted by molar-refractivity contribution is 7.11. The minimum atomic E-state index is -0.508. The predicted molar refractivity (Wildman–Crippen MR) is 119 cm³/mol. The van der Waals surface area contributed by atoms with Crippen molar-refractivity contribution >= 4 is 51.5 Å². The van der Waals surface area contributed by atoms with Crippen LogP contribution in [-0.4, -0.2) is 17.0 Å². The first-order valence-electron chi connectivity index (χ1n) is 8.45. The third-order valence-electron chi connectivity index (χ3n) is 4.16. The lowest BCUT2D eigenvalue weighted by Crippen LogP contribution is -1.99.